The zero-order valence-electron chi connectivity index (χ0n) is 10.2. The summed E-state index contributed by atoms with van der Waals surface area (Å²) in [6.45, 7) is 1.79. The van der Waals surface area contributed by atoms with E-state index < -0.39 is 5.97 Å². The molecule has 0 spiro atoms. The molecule has 0 bridgehead atoms. The predicted molar refractivity (Wildman–Crippen MR) is 64.5 cm³/mol. The number of nitrogens with two attached hydrogens (primary N) is 1. The molecule has 1 unspecified atom stereocenters. The van der Waals surface area contributed by atoms with Crippen molar-refractivity contribution in [2.75, 3.05) is 13.1 Å². The molecule has 5 nitrogen and oxygen atoms in total. The molecule has 1 fully saturated rings. The van der Waals surface area contributed by atoms with Crippen LogP contribution >= 0.6 is 0 Å². The Morgan fingerprint density at radius 1 is 1.24 bits per heavy atom. The highest BCUT2D eigenvalue weighted by Crippen LogP contribution is 2.17. The Morgan fingerprint density at radius 2 is 2.00 bits per heavy atom. The van der Waals surface area contributed by atoms with E-state index in [1.807, 2.05) is 0 Å². The second-order valence-electron chi connectivity index (χ2n) is 4.65. The fourth-order valence-electron chi connectivity index (χ4n) is 2.35. The van der Waals surface area contributed by atoms with Crippen LogP contribution in [0.15, 0.2) is 0 Å². The molecular formula is C12H22N2O3. The summed E-state index contributed by atoms with van der Waals surface area (Å²) >= 11 is 0. The smallest absolute Gasteiger partial charge is 0.303 e. The second-order valence-corrected chi connectivity index (χ2v) is 4.65. The summed E-state index contributed by atoms with van der Waals surface area (Å²) in [4.78, 5) is 23.7. The molecule has 1 aliphatic heterocycles. The van der Waals surface area contributed by atoms with E-state index in [0.717, 1.165) is 45.2 Å². The van der Waals surface area contributed by atoms with E-state index in [2.05, 4.69) is 4.90 Å². The highest BCUT2D eigenvalue weighted by atomic mass is 16.4. The Bertz CT molecular complexity index is 268. The van der Waals surface area contributed by atoms with Gasteiger partial charge in [0.05, 0.1) is 6.04 Å². The molecule has 0 aromatic carbocycles. The molecule has 1 amide bonds. The Kier molecular flexibility index (Phi) is 5.97. The summed E-state index contributed by atoms with van der Waals surface area (Å²) in [5, 5.41) is 8.50. The Hall–Kier alpha value is -1.10. The summed E-state index contributed by atoms with van der Waals surface area (Å²) < 4.78 is 0. The number of rotatable bonds is 7. The molecule has 98 valence electrons. The standard InChI is InChI=1S/C12H22N2O3/c13-12(17)10-6-3-5-9-14(10)8-4-1-2-7-11(15)16/h10H,1-9H2,(H2,13,17)(H,15,16). The van der Waals surface area contributed by atoms with Crippen LogP contribution in [0.4, 0.5) is 0 Å². The van der Waals surface area contributed by atoms with Crippen molar-refractivity contribution in [3.05, 3.63) is 0 Å². The van der Waals surface area contributed by atoms with Crippen molar-refractivity contribution in [1.82, 2.24) is 4.90 Å². The minimum atomic E-state index is -0.738. The summed E-state index contributed by atoms with van der Waals surface area (Å²) in [5.74, 6) is -0.965. The fraction of sp³-hybridized carbons (Fsp3) is 0.833. The molecule has 1 atom stereocenters. The number of hydrogen-bond acceptors (Lipinski definition) is 3. The molecule has 3 N–H and O–H groups in total. The number of piperidine rings is 1. The molecule has 1 saturated heterocycles. The van der Waals surface area contributed by atoms with Gasteiger partial charge in [-0.25, -0.2) is 0 Å². The summed E-state index contributed by atoms with van der Waals surface area (Å²) in [6, 6.07) is -0.108. The number of hydrogen-bond donors (Lipinski definition) is 2. The number of carboxylic acid groups (broad SMARTS) is 1. The lowest BCUT2D eigenvalue weighted by Gasteiger charge is -2.33. The quantitative estimate of drug-likeness (QED) is 0.652. The van der Waals surface area contributed by atoms with Crippen molar-refractivity contribution < 1.29 is 14.7 Å². The first-order valence-corrected chi connectivity index (χ1v) is 6.36. The van der Waals surface area contributed by atoms with Crippen molar-refractivity contribution in [3.63, 3.8) is 0 Å². The summed E-state index contributed by atoms with van der Waals surface area (Å²) in [7, 11) is 0. The van der Waals surface area contributed by atoms with Gasteiger partial charge in [-0.05, 0) is 38.8 Å². The van der Waals surface area contributed by atoms with E-state index in [0.29, 0.717) is 6.42 Å². The Morgan fingerprint density at radius 3 is 2.65 bits per heavy atom. The van der Waals surface area contributed by atoms with Gasteiger partial charge in [-0.1, -0.05) is 12.8 Å². The zero-order chi connectivity index (χ0) is 12.7. The number of aliphatic carboxylic acids is 1. The molecule has 1 heterocycles. The van der Waals surface area contributed by atoms with E-state index in [1.54, 1.807) is 0 Å². The monoisotopic (exact) mass is 242 g/mol. The Labute approximate surface area is 102 Å². The first-order chi connectivity index (χ1) is 8.11. The van der Waals surface area contributed by atoms with Crippen LogP contribution in [0.1, 0.15) is 44.9 Å². The van der Waals surface area contributed by atoms with Crippen molar-refractivity contribution >= 4 is 11.9 Å². The number of primary amides is 1. The van der Waals surface area contributed by atoms with E-state index in [-0.39, 0.29) is 18.4 Å². The van der Waals surface area contributed by atoms with Crippen LogP contribution in [0.2, 0.25) is 0 Å². The average Bonchev–Trinajstić information content (AvgIpc) is 2.28. The number of amides is 1. The molecule has 5 heteroatoms. The van der Waals surface area contributed by atoms with Crippen molar-refractivity contribution in [3.8, 4) is 0 Å². The van der Waals surface area contributed by atoms with Crippen LogP contribution in [-0.2, 0) is 9.59 Å². The number of nitrogens with zero attached hydrogens (tertiary/aromatic N) is 1. The van der Waals surface area contributed by atoms with Crippen LogP contribution in [0.25, 0.3) is 0 Å². The minimum Gasteiger partial charge on any atom is -0.481 e. The van der Waals surface area contributed by atoms with E-state index >= 15 is 0 Å². The topological polar surface area (TPSA) is 83.6 Å². The molecule has 0 aromatic heterocycles. The third kappa shape index (κ3) is 5.17. The van der Waals surface area contributed by atoms with Gasteiger partial charge in [-0.2, -0.15) is 0 Å². The molecule has 17 heavy (non-hydrogen) atoms. The van der Waals surface area contributed by atoms with Gasteiger partial charge in [-0.3, -0.25) is 14.5 Å². The van der Waals surface area contributed by atoms with Gasteiger partial charge in [0.15, 0.2) is 0 Å². The maximum Gasteiger partial charge on any atom is 0.303 e. The zero-order valence-corrected chi connectivity index (χ0v) is 10.2. The van der Waals surface area contributed by atoms with E-state index in [4.69, 9.17) is 10.8 Å². The number of carboxylic acids is 1. The van der Waals surface area contributed by atoms with Gasteiger partial charge in [-0.15, -0.1) is 0 Å². The van der Waals surface area contributed by atoms with Crippen LogP contribution < -0.4 is 5.73 Å². The maximum atomic E-state index is 11.2. The SMILES string of the molecule is NC(=O)C1CCCCN1CCCCCC(=O)O. The molecule has 0 saturated carbocycles. The number of carbonyl (C=O) groups is 2. The Balaban J connectivity index is 2.19. The predicted octanol–water partition coefficient (Wildman–Crippen LogP) is 0.971. The molecule has 0 radical (unpaired) electrons. The van der Waals surface area contributed by atoms with Gasteiger partial charge in [0.25, 0.3) is 0 Å². The lowest BCUT2D eigenvalue weighted by molar-refractivity contribution is -0.137. The third-order valence-corrected chi connectivity index (χ3v) is 3.28. The molecule has 0 aliphatic carbocycles. The normalized spacial score (nSPS) is 21.3. The number of unbranched alkanes of at least 4 members (excludes halogenated alkanes) is 2. The van der Waals surface area contributed by atoms with Gasteiger partial charge in [0, 0.05) is 6.42 Å². The minimum absolute atomic E-state index is 0.108. The first-order valence-electron chi connectivity index (χ1n) is 6.36. The van der Waals surface area contributed by atoms with E-state index in [9.17, 15) is 9.59 Å². The molecule has 1 rings (SSSR count). The highest BCUT2D eigenvalue weighted by molar-refractivity contribution is 5.79. The average molecular weight is 242 g/mol. The molecule has 1 aliphatic rings. The van der Waals surface area contributed by atoms with Gasteiger partial charge in [0.1, 0.15) is 0 Å². The summed E-state index contributed by atoms with van der Waals surface area (Å²) in [6.07, 6.45) is 5.85. The van der Waals surface area contributed by atoms with Gasteiger partial charge in [0.2, 0.25) is 5.91 Å². The van der Waals surface area contributed by atoms with Crippen molar-refractivity contribution in [1.29, 1.82) is 0 Å². The van der Waals surface area contributed by atoms with E-state index in [1.165, 1.54) is 0 Å². The van der Waals surface area contributed by atoms with Crippen LogP contribution in [-0.4, -0.2) is 41.0 Å². The third-order valence-electron chi connectivity index (χ3n) is 3.28. The second kappa shape index (κ2) is 7.27. The first kappa shape index (κ1) is 14.0. The number of carbonyl (C=O) groups excluding carboxylic acids is 1. The van der Waals surface area contributed by atoms with Crippen molar-refractivity contribution in [2.24, 2.45) is 5.73 Å². The van der Waals surface area contributed by atoms with Gasteiger partial charge < -0.3 is 10.8 Å². The summed E-state index contributed by atoms with van der Waals surface area (Å²) in [5.41, 5.74) is 5.37. The lowest BCUT2D eigenvalue weighted by atomic mass is 10.0. The van der Waals surface area contributed by atoms with Crippen molar-refractivity contribution in [2.45, 2.75) is 51.0 Å². The fourth-order valence-corrected chi connectivity index (χ4v) is 2.35. The highest BCUT2D eigenvalue weighted by Gasteiger charge is 2.25. The largest absolute Gasteiger partial charge is 0.481 e. The van der Waals surface area contributed by atoms with Crippen LogP contribution in [0, 0.1) is 0 Å². The molecular weight excluding hydrogens is 220 g/mol. The van der Waals surface area contributed by atoms with Crippen LogP contribution in [0.3, 0.4) is 0 Å². The lowest BCUT2D eigenvalue weighted by Crippen LogP contribution is -2.47. The van der Waals surface area contributed by atoms with Crippen LogP contribution in [0.5, 0.6) is 0 Å². The maximum absolute atomic E-state index is 11.2. The van der Waals surface area contributed by atoms with Gasteiger partial charge >= 0.3 is 5.97 Å². The molecule has 0 aromatic rings. The number of likely N-dealkylation sites (tertiary alicyclic amines) is 1.